The standard InChI is InChI=1S/C19H26O7/c20-17(21)12-8-3-1-2-4-9-13-18(22)25-15-26-19(23)24-14-16-10-6-5-7-11-16/h5-7,10-11H,1-4,8-9,12-15H2,(H,20,21). The number of benzene rings is 1. The first-order valence-electron chi connectivity index (χ1n) is 8.79. The summed E-state index contributed by atoms with van der Waals surface area (Å²) in [5.74, 6) is -1.19. The summed E-state index contributed by atoms with van der Waals surface area (Å²) in [5, 5.41) is 8.51. The van der Waals surface area contributed by atoms with Crippen LogP contribution >= 0.6 is 0 Å². The number of hydrogen-bond acceptors (Lipinski definition) is 6. The summed E-state index contributed by atoms with van der Waals surface area (Å²) in [7, 11) is 0. The first-order chi connectivity index (χ1) is 12.6. The maximum Gasteiger partial charge on any atom is 0.511 e. The first kappa shape index (κ1) is 21.5. The second-order valence-electron chi connectivity index (χ2n) is 5.82. The lowest BCUT2D eigenvalue weighted by molar-refractivity contribution is -0.153. The average molecular weight is 366 g/mol. The summed E-state index contributed by atoms with van der Waals surface area (Å²) in [6.45, 7) is -0.359. The largest absolute Gasteiger partial charge is 0.511 e. The van der Waals surface area contributed by atoms with Crippen molar-refractivity contribution in [2.75, 3.05) is 6.79 Å². The predicted octanol–water partition coefficient (Wildman–Crippen LogP) is 4.05. The zero-order valence-electron chi connectivity index (χ0n) is 14.9. The molecule has 26 heavy (non-hydrogen) atoms. The molecule has 0 spiro atoms. The number of rotatable bonds is 13. The number of carbonyl (C=O) groups is 3. The highest BCUT2D eigenvalue weighted by molar-refractivity contribution is 5.69. The fraction of sp³-hybridized carbons (Fsp3) is 0.526. The predicted molar refractivity (Wildman–Crippen MR) is 93.2 cm³/mol. The summed E-state index contributed by atoms with van der Waals surface area (Å²) in [4.78, 5) is 33.2. The normalized spacial score (nSPS) is 10.2. The lowest BCUT2D eigenvalue weighted by Gasteiger charge is -2.07. The number of esters is 1. The van der Waals surface area contributed by atoms with Gasteiger partial charge in [0, 0.05) is 12.8 Å². The SMILES string of the molecule is O=C(O)CCCCCCCCC(=O)OCOC(=O)OCc1ccccc1. The monoisotopic (exact) mass is 366 g/mol. The molecule has 0 aliphatic heterocycles. The van der Waals surface area contributed by atoms with Crippen LogP contribution in [-0.4, -0.2) is 30.0 Å². The minimum Gasteiger partial charge on any atom is -0.481 e. The van der Waals surface area contributed by atoms with Crippen molar-refractivity contribution in [3.63, 3.8) is 0 Å². The zero-order valence-corrected chi connectivity index (χ0v) is 14.9. The summed E-state index contributed by atoms with van der Waals surface area (Å²) in [5.41, 5.74) is 0.837. The Kier molecular flexibility index (Phi) is 11.3. The van der Waals surface area contributed by atoms with Gasteiger partial charge in [-0.05, 0) is 18.4 Å². The van der Waals surface area contributed by atoms with Crippen molar-refractivity contribution in [1.82, 2.24) is 0 Å². The number of ether oxygens (including phenoxy) is 3. The van der Waals surface area contributed by atoms with Crippen molar-refractivity contribution in [3.8, 4) is 0 Å². The van der Waals surface area contributed by atoms with Gasteiger partial charge in [0.05, 0.1) is 0 Å². The van der Waals surface area contributed by atoms with Gasteiger partial charge in [0.1, 0.15) is 6.61 Å². The van der Waals surface area contributed by atoms with Crippen molar-refractivity contribution >= 4 is 18.1 Å². The molecule has 0 unspecified atom stereocenters. The van der Waals surface area contributed by atoms with E-state index in [9.17, 15) is 14.4 Å². The van der Waals surface area contributed by atoms with Crippen LogP contribution in [0.15, 0.2) is 30.3 Å². The molecule has 0 saturated carbocycles. The van der Waals surface area contributed by atoms with Crippen molar-refractivity contribution in [2.24, 2.45) is 0 Å². The number of unbranched alkanes of at least 4 members (excludes halogenated alkanes) is 5. The van der Waals surface area contributed by atoms with Gasteiger partial charge < -0.3 is 19.3 Å². The highest BCUT2D eigenvalue weighted by Crippen LogP contribution is 2.09. The highest BCUT2D eigenvalue weighted by Gasteiger charge is 2.07. The van der Waals surface area contributed by atoms with Crippen LogP contribution in [0.4, 0.5) is 4.79 Å². The second-order valence-corrected chi connectivity index (χ2v) is 5.82. The molecular formula is C19H26O7. The quantitative estimate of drug-likeness (QED) is 0.319. The van der Waals surface area contributed by atoms with Gasteiger partial charge in [-0.1, -0.05) is 56.0 Å². The summed E-state index contributed by atoms with van der Waals surface area (Å²) < 4.78 is 14.4. The van der Waals surface area contributed by atoms with E-state index in [1.807, 2.05) is 30.3 Å². The Hall–Kier alpha value is -2.57. The van der Waals surface area contributed by atoms with Crippen molar-refractivity contribution in [2.45, 2.75) is 58.0 Å². The molecule has 0 aromatic heterocycles. The van der Waals surface area contributed by atoms with Crippen LogP contribution in [-0.2, 0) is 30.4 Å². The molecule has 1 aromatic rings. The van der Waals surface area contributed by atoms with Crippen LogP contribution < -0.4 is 0 Å². The van der Waals surface area contributed by atoms with E-state index in [1.165, 1.54) is 0 Å². The van der Waals surface area contributed by atoms with Crippen LogP contribution in [0.2, 0.25) is 0 Å². The van der Waals surface area contributed by atoms with Crippen LogP contribution in [0, 0.1) is 0 Å². The van der Waals surface area contributed by atoms with Crippen molar-refractivity contribution < 1.29 is 33.7 Å². The van der Waals surface area contributed by atoms with Gasteiger partial charge in [-0.3, -0.25) is 9.59 Å². The molecule has 0 aliphatic rings. The third kappa shape index (κ3) is 11.9. The third-order valence-corrected chi connectivity index (χ3v) is 3.62. The fourth-order valence-electron chi connectivity index (χ4n) is 2.23. The van der Waals surface area contributed by atoms with E-state index in [1.54, 1.807) is 0 Å². The zero-order chi connectivity index (χ0) is 19.0. The molecule has 7 heteroatoms. The molecule has 0 radical (unpaired) electrons. The summed E-state index contributed by atoms with van der Waals surface area (Å²) in [6.07, 6.45) is 4.64. The Morgan fingerprint density at radius 2 is 1.38 bits per heavy atom. The summed E-state index contributed by atoms with van der Waals surface area (Å²) >= 11 is 0. The molecule has 0 atom stereocenters. The Bertz CT molecular complexity index is 542. The van der Waals surface area contributed by atoms with Crippen LogP contribution in [0.25, 0.3) is 0 Å². The van der Waals surface area contributed by atoms with Gasteiger partial charge in [0.25, 0.3) is 0 Å². The third-order valence-electron chi connectivity index (χ3n) is 3.62. The molecule has 1 aromatic carbocycles. The van der Waals surface area contributed by atoms with Crippen LogP contribution in [0.5, 0.6) is 0 Å². The molecule has 0 heterocycles. The molecule has 0 amide bonds. The van der Waals surface area contributed by atoms with E-state index in [4.69, 9.17) is 14.6 Å². The lowest BCUT2D eigenvalue weighted by Crippen LogP contribution is -2.13. The molecule has 7 nitrogen and oxygen atoms in total. The molecular weight excluding hydrogens is 340 g/mol. The Morgan fingerprint density at radius 1 is 0.769 bits per heavy atom. The van der Waals surface area contributed by atoms with Gasteiger partial charge in [-0.2, -0.15) is 0 Å². The van der Waals surface area contributed by atoms with E-state index < -0.39 is 24.9 Å². The molecule has 1 rings (SSSR count). The van der Waals surface area contributed by atoms with E-state index in [0.29, 0.717) is 12.8 Å². The Balaban J connectivity index is 1.93. The van der Waals surface area contributed by atoms with E-state index in [-0.39, 0.29) is 19.4 Å². The molecule has 0 fully saturated rings. The highest BCUT2D eigenvalue weighted by atomic mass is 16.8. The molecule has 1 N–H and O–H groups in total. The van der Waals surface area contributed by atoms with Gasteiger partial charge in [-0.15, -0.1) is 0 Å². The lowest BCUT2D eigenvalue weighted by atomic mass is 10.1. The Labute approximate surface area is 153 Å². The number of carboxylic acid groups (broad SMARTS) is 1. The average Bonchev–Trinajstić information content (AvgIpc) is 2.63. The van der Waals surface area contributed by atoms with Gasteiger partial charge >= 0.3 is 18.1 Å². The van der Waals surface area contributed by atoms with Crippen molar-refractivity contribution in [1.29, 1.82) is 0 Å². The maximum absolute atomic E-state index is 11.5. The topological polar surface area (TPSA) is 99.1 Å². The van der Waals surface area contributed by atoms with Gasteiger partial charge in [-0.25, -0.2) is 4.79 Å². The maximum atomic E-state index is 11.5. The number of aliphatic carboxylic acids is 1. The number of carboxylic acids is 1. The minimum atomic E-state index is -0.886. The van der Waals surface area contributed by atoms with Crippen LogP contribution in [0.1, 0.15) is 56.9 Å². The second kappa shape index (κ2) is 13.7. The van der Waals surface area contributed by atoms with E-state index >= 15 is 0 Å². The van der Waals surface area contributed by atoms with Crippen LogP contribution in [0.3, 0.4) is 0 Å². The number of hydrogen-bond donors (Lipinski definition) is 1. The minimum absolute atomic E-state index is 0.0973. The van der Waals surface area contributed by atoms with E-state index in [0.717, 1.165) is 31.2 Å². The van der Waals surface area contributed by atoms with Gasteiger partial charge in [0.2, 0.25) is 6.79 Å². The van der Waals surface area contributed by atoms with Gasteiger partial charge in [0.15, 0.2) is 0 Å². The molecule has 144 valence electrons. The first-order valence-corrected chi connectivity index (χ1v) is 8.79. The molecule has 0 bridgehead atoms. The van der Waals surface area contributed by atoms with E-state index in [2.05, 4.69) is 4.74 Å². The van der Waals surface area contributed by atoms with Crippen molar-refractivity contribution in [3.05, 3.63) is 35.9 Å². The smallest absolute Gasteiger partial charge is 0.481 e. The molecule has 0 saturated heterocycles. The molecule has 0 aliphatic carbocycles. The Morgan fingerprint density at radius 3 is 2.04 bits per heavy atom. The number of carbonyl (C=O) groups excluding carboxylic acids is 2. The summed E-state index contributed by atoms with van der Waals surface area (Å²) in [6, 6.07) is 9.17. The fourth-order valence-corrected chi connectivity index (χ4v) is 2.23.